The number of oxazole rings is 1. The predicted octanol–water partition coefficient (Wildman–Crippen LogP) is 4.80. The number of hydrogen-bond donors (Lipinski definition) is 1. The van der Waals surface area contributed by atoms with Crippen molar-refractivity contribution in [3.05, 3.63) is 76.8 Å². The van der Waals surface area contributed by atoms with Gasteiger partial charge in [0.2, 0.25) is 5.89 Å². The lowest BCUT2D eigenvalue weighted by atomic mass is 10.2. The Kier molecular flexibility index (Phi) is 4.07. The average molecular weight is 353 g/mol. The highest BCUT2D eigenvalue weighted by atomic mass is 35.5. The SMILES string of the molecule is Cc1cc2ccccc2n1Cc1nc(-c2ccccc2Cl)oc1CO. The molecule has 0 fully saturated rings. The molecule has 4 nitrogen and oxygen atoms in total. The minimum atomic E-state index is -0.203. The number of benzene rings is 2. The van der Waals surface area contributed by atoms with E-state index >= 15 is 0 Å². The number of hydrogen-bond acceptors (Lipinski definition) is 3. The molecular formula is C20H17ClN2O2. The molecule has 0 unspecified atom stereocenters. The van der Waals surface area contributed by atoms with Gasteiger partial charge in [0, 0.05) is 11.2 Å². The van der Waals surface area contributed by atoms with Gasteiger partial charge in [-0.15, -0.1) is 0 Å². The minimum Gasteiger partial charge on any atom is -0.438 e. The number of nitrogens with zero attached hydrogens (tertiary/aromatic N) is 2. The number of aliphatic hydroxyl groups is 1. The normalized spacial score (nSPS) is 11.3. The van der Waals surface area contributed by atoms with Gasteiger partial charge in [-0.1, -0.05) is 41.9 Å². The molecule has 1 N–H and O–H groups in total. The van der Waals surface area contributed by atoms with Crippen LogP contribution in [0.5, 0.6) is 0 Å². The number of para-hydroxylation sites is 1. The first-order chi connectivity index (χ1) is 12.2. The summed E-state index contributed by atoms with van der Waals surface area (Å²) in [4.78, 5) is 4.60. The highest BCUT2D eigenvalue weighted by Gasteiger charge is 2.17. The Morgan fingerprint density at radius 1 is 1.12 bits per heavy atom. The molecular weight excluding hydrogens is 336 g/mol. The van der Waals surface area contributed by atoms with Crippen molar-refractivity contribution in [2.24, 2.45) is 0 Å². The Bertz CT molecular complexity index is 1050. The Labute approximate surface area is 150 Å². The van der Waals surface area contributed by atoms with Gasteiger partial charge in [-0.2, -0.15) is 0 Å². The van der Waals surface area contributed by atoms with E-state index in [1.165, 1.54) is 5.39 Å². The van der Waals surface area contributed by atoms with Crippen LogP contribution in [0.15, 0.2) is 59.0 Å². The fourth-order valence-electron chi connectivity index (χ4n) is 3.09. The molecule has 0 amide bonds. The molecule has 2 aromatic carbocycles. The van der Waals surface area contributed by atoms with Crippen molar-refractivity contribution >= 4 is 22.5 Å². The molecule has 0 aliphatic heterocycles. The van der Waals surface area contributed by atoms with Crippen LogP contribution in [0.25, 0.3) is 22.4 Å². The number of fused-ring (bicyclic) bond motifs is 1. The van der Waals surface area contributed by atoms with E-state index in [4.69, 9.17) is 16.0 Å². The van der Waals surface area contributed by atoms with E-state index in [9.17, 15) is 5.11 Å². The molecule has 0 spiro atoms. The van der Waals surface area contributed by atoms with Gasteiger partial charge in [0.05, 0.1) is 17.1 Å². The largest absolute Gasteiger partial charge is 0.438 e. The van der Waals surface area contributed by atoms with E-state index in [1.54, 1.807) is 6.07 Å². The highest BCUT2D eigenvalue weighted by Crippen LogP contribution is 2.30. The molecule has 0 saturated heterocycles. The zero-order valence-corrected chi connectivity index (χ0v) is 14.5. The monoisotopic (exact) mass is 352 g/mol. The topological polar surface area (TPSA) is 51.2 Å². The third-order valence-electron chi connectivity index (χ3n) is 4.35. The van der Waals surface area contributed by atoms with Gasteiger partial charge < -0.3 is 14.1 Å². The maximum absolute atomic E-state index is 9.68. The minimum absolute atomic E-state index is 0.203. The fraction of sp³-hybridized carbons (Fsp3) is 0.150. The lowest BCUT2D eigenvalue weighted by Crippen LogP contribution is -2.04. The molecule has 0 aliphatic rings. The Hall–Kier alpha value is -2.56. The fourth-order valence-corrected chi connectivity index (χ4v) is 3.30. The Morgan fingerprint density at radius 3 is 2.68 bits per heavy atom. The number of aliphatic hydroxyl groups excluding tert-OH is 1. The van der Waals surface area contributed by atoms with Gasteiger partial charge in [-0.25, -0.2) is 4.98 Å². The molecule has 4 rings (SSSR count). The van der Waals surface area contributed by atoms with Crippen LogP contribution in [0.1, 0.15) is 17.1 Å². The van der Waals surface area contributed by atoms with E-state index in [0.717, 1.165) is 16.8 Å². The summed E-state index contributed by atoms with van der Waals surface area (Å²) in [5.74, 6) is 0.894. The summed E-state index contributed by atoms with van der Waals surface area (Å²) < 4.78 is 7.94. The van der Waals surface area contributed by atoms with Gasteiger partial charge >= 0.3 is 0 Å². The number of rotatable bonds is 4. The van der Waals surface area contributed by atoms with Crippen LogP contribution in [-0.2, 0) is 13.2 Å². The molecule has 2 heterocycles. The second kappa shape index (κ2) is 6.39. The third kappa shape index (κ3) is 2.84. The van der Waals surface area contributed by atoms with Crippen LogP contribution >= 0.6 is 11.6 Å². The van der Waals surface area contributed by atoms with Crippen molar-refractivity contribution in [3.8, 4) is 11.5 Å². The molecule has 0 radical (unpaired) electrons. The van der Waals surface area contributed by atoms with Gasteiger partial charge in [0.1, 0.15) is 12.3 Å². The number of aromatic nitrogens is 2. The standard InChI is InChI=1S/C20H17ClN2O2/c1-13-10-14-6-2-5-9-18(14)23(13)11-17-19(12-24)25-20(22-17)15-7-3-4-8-16(15)21/h2-10,24H,11-12H2,1H3. The van der Waals surface area contributed by atoms with Crippen molar-refractivity contribution in [1.82, 2.24) is 9.55 Å². The first-order valence-electron chi connectivity index (χ1n) is 8.06. The molecule has 0 bridgehead atoms. The van der Waals surface area contributed by atoms with Crippen molar-refractivity contribution in [2.45, 2.75) is 20.1 Å². The summed E-state index contributed by atoms with van der Waals surface area (Å²) in [6, 6.07) is 17.7. The third-order valence-corrected chi connectivity index (χ3v) is 4.68. The number of halogens is 1. The van der Waals surface area contributed by atoms with Crippen LogP contribution in [0.2, 0.25) is 5.02 Å². The summed E-state index contributed by atoms with van der Waals surface area (Å²) in [5.41, 5.74) is 3.69. The first kappa shape index (κ1) is 15.9. The molecule has 0 saturated carbocycles. The highest BCUT2D eigenvalue weighted by molar-refractivity contribution is 6.33. The van der Waals surface area contributed by atoms with E-state index in [-0.39, 0.29) is 6.61 Å². The first-order valence-corrected chi connectivity index (χ1v) is 8.44. The molecule has 2 aromatic heterocycles. The Morgan fingerprint density at radius 2 is 1.88 bits per heavy atom. The van der Waals surface area contributed by atoms with E-state index in [1.807, 2.05) is 30.3 Å². The van der Waals surface area contributed by atoms with Gasteiger partial charge in [-0.05, 0) is 36.6 Å². The molecule has 25 heavy (non-hydrogen) atoms. The summed E-state index contributed by atoms with van der Waals surface area (Å²) in [5, 5.41) is 11.4. The van der Waals surface area contributed by atoms with E-state index in [2.05, 4.69) is 34.7 Å². The van der Waals surface area contributed by atoms with E-state index < -0.39 is 0 Å². The maximum Gasteiger partial charge on any atom is 0.228 e. The molecule has 4 aromatic rings. The van der Waals surface area contributed by atoms with Gasteiger partial charge in [-0.3, -0.25) is 0 Å². The van der Waals surface area contributed by atoms with Crippen molar-refractivity contribution in [1.29, 1.82) is 0 Å². The predicted molar refractivity (Wildman–Crippen MR) is 98.6 cm³/mol. The zero-order chi connectivity index (χ0) is 17.4. The quantitative estimate of drug-likeness (QED) is 0.574. The van der Waals surface area contributed by atoms with Crippen LogP contribution in [-0.4, -0.2) is 14.7 Å². The molecule has 5 heteroatoms. The number of aryl methyl sites for hydroxylation is 1. The Balaban J connectivity index is 1.78. The molecule has 0 atom stereocenters. The average Bonchev–Trinajstić information content (AvgIpc) is 3.17. The van der Waals surface area contributed by atoms with Crippen LogP contribution in [0, 0.1) is 6.92 Å². The van der Waals surface area contributed by atoms with Gasteiger partial charge in [0.25, 0.3) is 0 Å². The summed E-state index contributed by atoms with van der Waals surface area (Å²) in [7, 11) is 0. The lowest BCUT2D eigenvalue weighted by molar-refractivity contribution is 0.246. The second-order valence-corrected chi connectivity index (χ2v) is 6.36. The second-order valence-electron chi connectivity index (χ2n) is 5.96. The summed E-state index contributed by atoms with van der Waals surface area (Å²) >= 11 is 6.24. The van der Waals surface area contributed by atoms with Crippen LogP contribution < -0.4 is 0 Å². The molecule has 126 valence electrons. The zero-order valence-electron chi connectivity index (χ0n) is 13.7. The lowest BCUT2D eigenvalue weighted by Gasteiger charge is -2.06. The van der Waals surface area contributed by atoms with Gasteiger partial charge in [0.15, 0.2) is 5.76 Å². The van der Waals surface area contributed by atoms with Crippen LogP contribution in [0.3, 0.4) is 0 Å². The van der Waals surface area contributed by atoms with Crippen molar-refractivity contribution in [2.75, 3.05) is 0 Å². The smallest absolute Gasteiger partial charge is 0.228 e. The van der Waals surface area contributed by atoms with Crippen LogP contribution in [0.4, 0.5) is 0 Å². The molecule has 0 aliphatic carbocycles. The summed E-state index contributed by atoms with van der Waals surface area (Å²) in [6.07, 6.45) is 0. The van der Waals surface area contributed by atoms with Crippen molar-refractivity contribution in [3.63, 3.8) is 0 Å². The summed E-state index contributed by atoms with van der Waals surface area (Å²) in [6.45, 7) is 2.39. The van der Waals surface area contributed by atoms with E-state index in [0.29, 0.717) is 28.9 Å². The van der Waals surface area contributed by atoms with Crippen molar-refractivity contribution < 1.29 is 9.52 Å². The maximum atomic E-state index is 9.68.